The number of hydrogen-bond acceptors (Lipinski definition) is 4. The van der Waals surface area contributed by atoms with E-state index in [9.17, 15) is 13.5 Å². The lowest BCUT2D eigenvalue weighted by atomic mass is 10.2. The largest absolute Gasteiger partial charge is 0.395 e. The van der Waals surface area contributed by atoms with E-state index in [1.54, 1.807) is 24.3 Å². The monoisotopic (exact) mass is 313 g/mol. The van der Waals surface area contributed by atoms with Gasteiger partial charge >= 0.3 is 0 Å². The van der Waals surface area contributed by atoms with Crippen molar-refractivity contribution in [1.82, 2.24) is 4.31 Å². The van der Waals surface area contributed by atoms with Crippen LogP contribution in [0, 0.1) is 6.92 Å². The van der Waals surface area contributed by atoms with Crippen LogP contribution in [0.15, 0.2) is 29.2 Å². The zero-order valence-corrected chi connectivity index (χ0v) is 13.3. The molecular formula is C15H23NO4S. The summed E-state index contributed by atoms with van der Waals surface area (Å²) in [6.07, 6.45) is 2.00. The van der Waals surface area contributed by atoms with Gasteiger partial charge in [-0.05, 0) is 25.5 Å². The molecule has 1 fully saturated rings. The van der Waals surface area contributed by atoms with Crippen molar-refractivity contribution < 1.29 is 18.3 Å². The van der Waals surface area contributed by atoms with Gasteiger partial charge in [0.05, 0.1) is 30.2 Å². The van der Waals surface area contributed by atoms with Crippen LogP contribution in [0.4, 0.5) is 0 Å². The second-order valence-electron chi connectivity index (χ2n) is 5.39. The molecule has 1 aromatic carbocycles. The number of ether oxygens (including phenoxy) is 1. The highest BCUT2D eigenvalue weighted by Crippen LogP contribution is 2.35. The third-order valence-electron chi connectivity index (χ3n) is 3.72. The third-order valence-corrected chi connectivity index (χ3v) is 5.69. The van der Waals surface area contributed by atoms with Crippen LogP contribution in [0.5, 0.6) is 0 Å². The molecule has 0 radical (unpaired) electrons. The molecule has 5 nitrogen and oxygen atoms in total. The van der Waals surface area contributed by atoms with Crippen molar-refractivity contribution in [3.63, 3.8) is 0 Å². The number of benzene rings is 1. The molecule has 118 valence electrons. The van der Waals surface area contributed by atoms with E-state index < -0.39 is 10.0 Å². The minimum Gasteiger partial charge on any atom is -0.395 e. The SMILES string of the molecule is CCCCOC[C@@H]1[C@@H](CO)N1S(=O)(=O)c1ccc(C)cc1. The highest BCUT2D eigenvalue weighted by atomic mass is 32.2. The zero-order chi connectivity index (χ0) is 15.5. The van der Waals surface area contributed by atoms with Crippen molar-refractivity contribution in [2.24, 2.45) is 0 Å². The molecule has 0 aliphatic carbocycles. The van der Waals surface area contributed by atoms with Gasteiger partial charge in [-0.2, -0.15) is 4.31 Å². The number of nitrogens with zero attached hydrogens (tertiary/aromatic N) is 1. The number of hydrogen-bond donors (Lipinski definition) is 1. The van der Waals surface area contributed by atoms with E-state index in [-0.39, 0.29) is 23.6 Å². The van der Waals surface area contributed by atoms with E-state index in [1.807, 2.05) is 6.92 Å². The molecule has 2 rings (SSSR count). The Bertz CT molecular complexity index is 556. The van der Waals surface area contributed by atoms with Crippen LogP contribution >= 0.6 is 0 Å². The van der Waals surface area contributed by atoms with Gasteiger partial charge in [-0.15, -0.1) is 0 Å². The second-order valence-corrected chi connectivity index (χ2v) is 7.24. The fourth-order valence-electron chi connectivity index (χ4n) is 2.34. The molecule has 1 heterocycles. The number of sulfonamides is 1. The van der Waals surface area contributed by atoms with Crippen LogP contribution < -0.4 is 0 Å². The number of unbranched alkanes of at least 4 members (excludes halogenated alkanes) is 1. The molecule has 0 amide bonds. The molecule has 1 aliphatic heterocycles. The fraction of sp³-hybridized carbons (Fsp3) is 0.600. The Balaban J connectivity index is 2.04. The second kappa shape index (κ2) is 6.87. The molecule has 0 spiro atoms. The Hall–Kier alpha value is -0.950. The quantitative estimate of drug-likeness (QED) is 0.584. The summed E-state index contributed by atoms with van der Waals surface area (Å²) in [5.74, 6) is 0. The van der Waals surface area contributed by atoms with Crippen LogP contribution in [0.25, 0.3) is 0 Å². The molecular weight excluding hydrogens is 290 g/mol. The van der Waals surface area contributed by atoms with Crippen molar-refractivity contribution in [2.45, 2.75) is 43.7 Å². The van der Waals surface area contributed by atoms with E-state index in [0.29, 0.717) is 13.2 Å². The highest BCUT2D eigenvalue weighted by molar-refractivity contribution is 7.89. The Morgan fingerprint density at radius 2 is 1.90 bits per heavy atom. The van der Waals surface area contributed by atoms with Gasteiger partial charge in [0.1, 0.15) is 0 Å². The standard InChI is InChI=1S/C15H23NO4S/c1-3-4-9-20-11-15-14(10-17)16(15)21(18,19)13-7-5-12(2)6-8-13/h5-8,14-15,17H,3-4,9-11H2,1-2H3/t14-,15-,16?/m1/s1. The van der Waals surface area contributed by atoms with Crippen LogP contribution in [0.2, 0.25) is 0 Å². The molecule has 0 bridgehead atoms. The van der Waals surface area contributed by atoms with E-state index in [4.69, 9.17) is 4.74 Å². The van der Waals surface area contributed by atoms with Crippen LogP contribution in [0.3, 0.4) is 0 Å². The van der Waals surface area contributed by atoms with Crippen LogP contribution in [-0.2, 0) is 14.8 Å². The highest BCUT2D eigenvalue weighted by Gasteiger charge is 2.55. The van der Waals surface area contributed by atoms with Gasteiger partial charge in [-0.1, -0.05) is 31.0 Å². The summed E-state index contributed by atoms with van der Waals surface area (Å²) in [5.41, 5.74) is 1.01. The van der Waals surface area contributed by atoms with E-state index in [1.165, 1.54) is 4.31 Å². The third kappa shape index (κ3) is 3.63. The van der Waals surface area contributed by atoms with Crippen molar-refractivity contribution in [2.75, 3.05) is 19.8 Å². The van der Waals surface area contributed by atoms with Crippen LogP contribution in [0.1, 0.15) is 25.3 Å². The molecule has 1 saturated heterocycles. The van der Waals surface area contributed by atoms with Crippen molar-refractivity contribution in [3.05, 3.63) is 29.8 Å². The first-order valence-corrected chi connectivity index (χ1v) is 8.75. The first-order chi connectivity index (χ1) is 10.0. The minimum atomic E-state index is -3.54. The molecule has 6 heteroatoms. The molecule has 0 aromatic heterocycles. The average Bonchev–Trinajstić information content (AvgIpc) is 3.18. The Morgan fingerprint density at radius 3 is 2.48 bits per heavy atom. The maximum absolute atomic E-state index is 12.5. The van der Waals surface area contributed by atoms with Gasteiger partial charge in [0.15, 0.2) is 0 Å². The summed E-state index contributed by atoms with van der Waals surface area (Å²) in [5, 5.41) is 9.34. The number of aliphatic hydroxyl groups is 1. The number of aliphatic hydroxyl groups excluding tert-OH is 1. The van der Waals surface area contributed by atoms with Crippen molar-refractivity contribution >= 4 is 10.0 Å². The van der Waals surface area contributed by atoms with Gasteiger partial charge in [0.2, 0.25) is 10.0 Å². The first-order valence-electron chi connectivity index (χ1n) is 7.31. The van der Waals surface area contributed by atoms with Gasteiger partial charge in [-0.3, -0.25) is 0 Å². The molecule has 1 aliphatic rings. The number of rotatable bonds is 8. The van der Waals surface area contributed by atoms with Crippen molar-refractivity contribution in [1.29, 1.82) is 0 Å². The molecule has 1 N–H and O–H groups in total. The first kappa shape index (κ1) is 16.4. The topological polar surface area (TPSA) is 66.6 Å². The molecule has 3 atom stereocenters. The molecule has 21 heavy (non-hydrogen) atoms. The predicted molar refractivity (Wildman–Crippen MR) is 80.6 cm³/mol. The lowest BCUT2D eigenvalue weighted by Crippen LogP contribution is -2.18. The van der Waals surface area contributed by atoms with E-state index >= 15 is 0 Å². The summed E-state index contributed by atoms with van der Waals surface area (Å²) < 4.78 is 31.9. The van der Waals surface area contributed by atoms with E-state index in [2.05, 4.69) is 6.92 Å². The lowest BCUT2D eigenvalue weighted by molar-refractivity contribution is 0.127. The maximum Gasteiger partial charge on any atom is 0.243 e. The predicted octanol–water partition coefficient (Wildman–Crippen LogP) is 1.55. The summed E-state index contributed by atoms with van der Waals surface area (Å²) in [6.45, 7) is 4.78. The van der Waals surface area contributed by atoms with Gasteiger partial charge in [0.25, 0.3) is 0 Å². The summed E-state index contributed by atoms with van der Waals surface area (Å²) >= 11 is 0. The zero-order valence-electron chi connectivity index (χ0n) is 12.5. The molecule has 0 saturated carbocycles. The average molecular weight is 313 g/mol. The minimum absolute atomic E-state index is 0.174. The van der Waals surface area contributed by atoms with Gasteiger partial charge in [-0.25, -0.2) is 8.42 Å². The number of aryl methyl sites for hydroxylation is 1. The summed E-state index contributed by atoms with van der Waals surface area (Å²) in [7, 11) is -3.54. The normalized spacial score (nSPS) is 25.0. The maximum atomic E-state index is 12.5. The Kier molecular flexibility index (Phi) is 5.37. The van der Waals surface area contributed by atoms with Gasteiger partial charge < -0.3 is 9.84 Å². The fourth-order valence-corrected chi connectivity index (χ4v) is 4.13. The summed E-state index contributed by atoms with van der Waals surface area (Å²) in [4.78, 5) is 0.266. The van der Waals surface area contributed by atoms with Crippen LogP contribution in [-0.4, -0.2) is 49.7 Å². The molecule has 1 aromatic rings. The van der Waals surface area contributed by atoms with E-state index in [0.717, 1.165) is 18.4 Å². The summed E-state index contributed by atoms with van der Waals surface area (Å²) in [6, 6.07) is 6.14. The van der Waals surface area contributed by atoms with Crippen molar-refractivity contribution in [3.8, 4) is 0 Å². The Morgan fingerprint density at radius 1 is 1.24 bits per heavy atom. The smallest absolute Gasteiger partial charge is 0.243 e. The van der Waals surface area contributed by atoms with Gasteiger partial charge in [0, 0.05) is 6.61 Å². The molecule has 1 unspecified atom stereocenters. The lowest BCUT2D eigenvalue weighted by Gasteiger charge is -2.07. The Labute approximate surface area is 126 Å².